The Balaban J connectivity index is 2.69. The van der Waals surface area contributed by atoms with Crippen LogP contribution in [0.2, 0.25) is 0 Å². The Morgan fingerprint density at radius 1 is 1.48 bits per heavy atom. The molecule has 0 amide bonds. The number of sulfonamides is 1. The van der Waals surface area contributed by atoms with Crippen LogP contribution in [0.1, 0.15) is 19.4 Å². The number of aromatic nitrogens is 1. The van der Waals surface area contributed by atoms with E-state index in [9.17, 15) is 8.42 Å². The fraction of sp³-hybridized carbons (Fsp3) is 0.538. The highest BCUT2D eigenvalue weighted by atomic mass is 32.2. The summed E-state index contributed by atoms with van der Waals surface area (Å²) in [7, 11) is -3.39. The summed E-state index contributed by atoms with van der Waals surface area (Å²) >= 11 is 0. The van der Waals surface area contributed by atoms with E-state index in [1.165, 1.54) is 4.31 Å². The summed E-state index contributed by atoms with van der Waals surface area (Å²) in [6.07, 6.45) is 3.71. The SMILES string of the molecule is CCN(CC(C)C(N)=NO)S(=O)(=O)CCc1ccncc1. The monoisotopic (exact) mass is 314 g/mol. The standard InChI is InChI=1S/C13H22N4O3S/c1-3-17(10-11(2)13(14)16-18)21(19,20)9-6-12-4-7-15-8-5-12/h4-5,7-8,11,18H,3,6,9-10H2,1-2H3,(H2,14,16). The van der Waals surface area contributed by atoms with Crippen molar-refractivity contribution >= 4 is 15.9 Å². The van der Waals surface area contributed by atoms with E-state index in [0.29, 0.717) is 13.0 Å². The number of amidine groups is 1. The van der Waals surface area contributed by atoms with Crippen LogP contribution in [0.15, 0.2) is 29.7 Å². The van der Waals surface area contributed by atoms with Gasteiger partial charge in [-0.15, -0.1) is 0 Å². The molecule has 0 spiro atoms. The first-order chi connectivity index (χ1) is 9.90. The number of rotatable bonds is 8. The quantitative estimate of drug-likeness (QED) is 0.317. The smallest absolute Gasteiger partial charge is 0.214 e. The van der Waals surface area contributed by atoms with Crippen LogP contribution in [0, 0.1) is 5.92 Å². The summed E-state index contributed by atoms with van der Waals surface area (Å²) in [4.78, 5) is 3.90. The minimum Gasteiger partial charge on any atom is -0.409 e. The molecule has 0 saturated heterocycles. The summed E-state index contributed by atoms with van der Waals surface area (Å²) < 4.78 is 26.1. The molecule has 0 aliphatic carbocycles. The summed E-state index contributed by atoms with van der Waals surface area (Å²) in [5.41, 5.74) is 6.42. The van der Waals surface area contributed by atoms with Gasteiger partial charge in [0.2, 0.25) is 10.0 Å². The molecule has 0 radical (unpaired) electrons. The highest BCUT2D eigenvalue weighted by Crippen LogP contribution is 2.09. The molecular weight excluding hydrogens is 292 g/mol. The molecule has 1 unspecified atom stereocenters. The van der Waals surface area contributed by atoms with Gasteiger partial charge in [0.15, 0.2) is 0 Å². The molecule has 1 heterocycles. The maximum Gasteiger partial charge on any atom is 0.214 e. The van der Waals surface area contributed by atoms with Gasteiger partial charge < -0.3 is 10.9 Å². The van der Waals surface area contributed by atoms with Crippen LogP contribution in [0.3, 0.4) is 0 Å². The zero-order valence-corrected chi connectivity index (χ0v) is 13.1. The van der Waals surface area contributed by atoms with Gasteiger partial charge in [0.1, 0.15) is 5.84 Å². The molecule has 1 aromatic heterocycles. The van der Waals surface area contributed by atoms with E-state index >= 15 is 0 Å². The summed E-state index contributed by atoms with van der Waals surface area (Å²) in [6.45, 7) is 4.03. The summed E-state index contributed by atoms with van der Waals surface area (Å²) in [5, 5.41) is 11.6. The van der Waals surface area contributed by atoms with Crippen molar-refractivity contribution in [3.05, 3.63) is 30.1 Å². The molecule has 1 atom stereocenters. The second kappa shape index (κ2) is 7.94. The van der Waals surface area contributed by atoms with Gasteiger partial charge in [-0.2, -0.15) is 0 Å². The van der Waals surface area contributed by atoms with Gasteiger partial charge in [-0.25, -0.2) is 12.7 Å². The number of pyridine rings is 1. The van der Waals surface area contributed by atoms with E-state index in [1.807, 2.05) is 0 Å². The lowest BCUT2D eigenvalue weighted by atomic mass is 10.1. The molecule has 0 saturated carbocycles. The Labute approximate surface area is 125 Å². The molecule has 8 heteroatoms. The fourth-order valence-electron chi connectivity index (χ4n) is 1.86. The summed E-state index contributed by atoms with van der Waals surface area (Å²) in [6, 6.07) is 3.59. The molecule has 21 heavy (non-hydrogen) atoms. The van der Waals surface area contributed by atoms with Gasteiger partial charge in [0.25, 0.3) is 0 Å². The lowest BCUT2D eigenvalue weighted by molar-refractivity contribution is 0.311. The fourth-order valence-corrected chi connectivity index (χ4v) is 3.46. The molecule has 0 aliphatic rings. The number of hydrogen-bond acceptors (Lipinski definition) is 5. The van der Waals surface area contributed by atoms with Crippen LogP contribution in [0.5, 0.6) is 0 Å². The van der Waals surface area contributed by atoms with Crippen LogP contribution in [0.4, 0.5) is 0 Å². The maximum atomic E-state index is 12.3. The second-order valence-corrected chi connectivity index (χ2v) is 6.89. The number of nitrogens with zero attached hydrogens (tertiary/aromatic N) is 3. The maximum absolute atomic E-state index is 12.3. The molecule has 0 aliphatic heterocycles. The van der Waals surface area contributed by atoms with Gasteiger partial charge in [-0.1, -0.05) is 19.0 Å². The van der Waals surface area contributed by atoms with Crippen molar-refractivity contribution in [3.8, 4) is 0 Å². The van der Waals surface area contributed by atoms with E-state index in [-0.39, 0.29) is 24.1 Å². The number of hydrogen-bond donors (Lipinski definition) is 2. The van der Waals surface area contributed by atoms with Crippen molar-refractivity contribution in [3.63, 3.8) is 0 Å². The Hall–Kier alpha value is -1.67. The van der Waals surface area contributed by atoms with E-state index < -0.39 is 10.0 Å². The third kappa shape index (κ3) is 5.31. The zero-order chi connectivity index (χ0) is 15.9. The van der Waals surface area contributed by atoms with E-state index in [0.717, 1.165) is 5.56 Å². The Morgan fingerprint density at radius 2 is 2.10 bits per heavy atom. The van der Waals surface area contributed by atoms with Gasteiger partial charge in [-0.05, 0) is 24.1 Å². The molecule has 0 fully saturated rings. The predicted octanol–water partition coefficient (Wildman–Crippen LogP) is 0.658. The third-order valence-corrected chi connectivity index (χ3v) is 5.16. The lowest BCUT2D eigenvalue weighted by Crippen LogP contribution is -2.40. The number of nitrogens with two attached hydrogens (primary N) is 1. The first-order valence-corrected chi connectivity index (χ1v) is 8.35. The van der Waals surface area contributed by atoms with Crippen LogP contribution in [0.25, 0.3) is 0 Å². The van der Waals surface area contributed by atoms with Gasteiger partial charge in [0.05, 0.1) is 5.75 Å². The first-order valence-electron chi connectivity index (χ1n) is 6.74. The highest BCUT2D eigenvalue weighted by molar-refractivity contribution is 7.89. The normalized spacial score (nSPS) is 14.3. The van der Waals surface area contributed by atoms with Crippen LogP contribution >= 0.6 is 0 Å². The van der Waals surface area contributed by atoms with Crippen molar-refractivity contribution in [2.24, 2.45) is 16.8 Å². The van der Waals surface area contributed by atoms with E-state index in [2.05, 4.69) is 10.1 Å². The van der Waals surface area contributed by atoms with Crippen LogP contribution in [-0.4, -0.2) is 47.6 Å². The van der Waals surface area contributed by atoms with Gasteiger partial charge in [-0.3, -0.25) is 4.98 Å². The Kier molecular flexibility index (Phi) is 6.57. The largest absolute Gasteiger partial charge is 0.409 e. The molecule has 0 aromatic carbocycles. The number of oxime groups is 1. The van der Waals surface area contributed by atoms with Crippen molar-refractivity contribution in [1.82, 2.24) is 9.29 Å². The van der Waals surface area contributed by atoms with Gasteiger partial charge >= 0.3 is 0 Å². The Morgan fingerprint density at radius 3 is 2.62 bits per heavy atom. The van der Waals surface area contributed by atoms with Crippen molar-refractivity contribution in [2.45, 2.75) is 20.3 Å². The Bertz CT molecular complexity index is 560. The predicted molar refractivity (Wildman–Crippen MR) is 81.5 cm³/mol. The number of aryl methyl sites for hydroxylation is 1. The molecule has 118 valence electrons. The minimum atomic E-state index is -3.39. The van der Waals surface area contributed by atoms with E-state index in [4.69, 9.17) is 10.9 Å². The highest BCUT2D eigenvalue weighted by Gasteiger charge is 2.23. The average Bonchev–Trinajstić information content (AvgIpc) is 2.50. The third-order valence-electron chi connectivity index (χ3n) is 3.24. The van der Waals surface area contributed by atoms with Crippen LogP contribution in [-0.2, 0) is 16.4 Å². The molecule has 1 rings (SSSR count). The molecule has 3 N–H and O–H groups in total. The molecule has 7 nitrogen and oxygen atoms in total. The zero-order valence-electron chi connectivity index (χ0n) is 12.3. The summed E-state index contributed by atoms with van der Waals surface area (Å²) in [5.74, 6) is -0.295. The average molecular weight is 314 g/mol. The van der Waals surface area contributed by atoms with Crippen molar-refractivity contribution in [1.29, 1.82) is 0 Å². The first kappa shape index (κ1) is 17.4. The molecular formula is C13H22N4O3S. The topological polar surface area (TPSA) is 109 Å². The van der Waals surface area contributed by atoms with Crippen molar-refractivity contribution < 1.29 is 13.6 Å². The molecule has 0 bridgehead atoms. The lowest BCUT2D eigenvalue weighted by Gasteiger charge is -2.23. The second-order valence-electron chi connectivity index (χ2n) is 4.80. The van der Waals surface area contributed by atoms with Crippen LogP contribution < -0.4 is 5.73 Å². The van der Waals surface area contributed by atoms with Crippen molar-refractivity contribution in [2.75, 3.05) is 18.8 Å². The van der Waals surface area contributed by atoms with E-state index in [1.54, 1.807) is 38.4 Å². The molecule has 1 aromatic rings. The van der Waals surface area contributed by atoms with Gasteiger partial charge in [0, 0.05) is 31.4 Å². The minimum absolute atomic E-state index is 0.0216.